The summed E-state index contributed by atoms with van der Waals surface area (Å²) in [7, 11) is 0. The number of allylic oxidation sites excluding steroid dienone is 1. The molecule has 1 aliphatic heterocycles. The minimum absolute atomic E-state index is 0. The molecule has 0 radical (unpaired) electrons. The van der Waals surface area contributed by atoms with E-state index in [9.17, 15) is 0 Å². The van der Waals surface area contributed by atoms with Gasteiger partial charge in [0.25, 0.3) is 0 Å². The third-order valence-corrected chi connectivity index (χ3v) is 13.1. The molecule has 0 spiro atoms. The molecule has 5 nitrogen and oxygen atoms in total. The second kappa shape index (κ2) is 17.6. The summed E-state index contributed by atoms with van der Waals surface area (Å²) >= 11 is 0. The molecule has 332 valence electrons. The summed E-state index contributed by atoms with van der Waals surface area (Å²) in [6.07, 6.45) is 4.16. The molecular weight excluding hydrogens is 988 g/mol. The van der Waals surface area contributed by atoms with Crippen LogP contribution < -0.4 is 14.5 Å². The number of benzene rings is 7. The molecule has 66 heavy (non-hydrogen) atoms. The first kappa shape index (κ1) is 44.5. The minimum atomic E-state index is -0.347. The van der Waals surface area contributed by atoms with Gasteiger partial charge in [0, 0.05) is 66.5 Å². The maximum atomic E-state index is 6.68. The van der Waals surface area contributed by atoms with E-state index in [2.05, 4.69) is 246 Å². The van der Waals surface area contributed by atoms with Crippen LogP contribution in [0.25, 0.3) is 38.8 Å². The Morgan fingerprint density at radius 3 is 1.89 bits per heavy atom. The van der Waals surface area contributed by atoms with Crippen LogP contribution in [0.15, 0.2) is 194 Å². The van der Waals surface area contributed by atoms with Crippen molar-refractivity contribution in [2.45, 2.75) is 64.7 Å². The van der Waals surface area contributed by atoms with Crippen molar-refractivity contribution < 1.29 is 25.8 Å². The largest absolute Gasteiger partial charge is 0.509 e. The van der Waals surface area contributed by atoms with Gasteiger partial charge in [-0.25, -0.2) is 4.98 Å². The van der Waals surface area contributed by atoms with E-state index in [1.54, 1.807) is 0 Å². The van der Waals surface area contributed by atoms with Gasteiger partial charge in [-0.15, -0.1) is 48.1 Å². The van der Waals surface area contributed by atoms with Gasteiger partial charge in [0.15, 0.2) is 0 Å². The van der Waals surface area contributed by atoms with E-state index in [-0.39, 0.29) is 37.3 Å². The van der Waals surface area contributed by atoms with Crippen LogP contribution in [-0.2, 0) is 37.3 Å². The maximum absolute atomic E-state index is 6.68. The molecule has 0 saturated carbocycles. The second-order valence-corrected chi connectivity index (χ2v) is 19.1. The number of rotatable bonds is 10. The smallest absolute Gasteiger partial charge is 0.135 e. The third-order valence-electron chi connectivity index (χ3n) is 13.1. The summed E-state index contributed by atoms with van der Waals surface area (Å²) < 4.78 is 8.89. The molecular formula is C60H53N4OPt-3. The van der Waals surface area contributed by atoms with Crippen molar-refractivity contribution in [2.75, 3.05) is 9.80 Å². The van der Waals surface area contributed by atoms with Crippen molar-refractivity contribution in [1.29, 1.82) is 0 Å². The van der Waals surface area contributed by atoms with Crippen LogP contribution in [0.5, 0.6) is 11.5 Å². The first-order valence-corrected chi connectivity index (χ1v) is 22.4. The number of hydrogen-bond donors (Lipinski definition) is 0. The predicted molar refractivity (Wildman–Crippen MR) is 269 cm³/mol. The normalized spacial score (nSPS) is 13.2. The van der Waals surface area contributed by atoms with E-state index in [4.69, 9.17) is 9.72 Å². The Morgan fingerprint density at radius 1 is 0.530 bits per heavy atom. The van der Waals surface area contributed by atoms with Gasteiger partial charge in [-0.05, 0) is 80.7 Å². The Morgan fingerprint density at radius 2 is 1.18 bits per heavy atom. The van der Waals surface area contributed by atoms with E-state index in [0.29, 0.717) is 11.5 Å². The summed E-state index contributed by atoms with van der Waals surface area (Å²) in [5.41, 5.74) is 11.7. The van der Waals surface area contributed by atoms with Crippen molar-refractivity contribution in [1.82, 2.24) is 9.55 Å². The van der Waals surface area contributed by atoms with Crippen LogP contribution >= 0.6 is 0 Å². The molecule has 3 heterocycles. The van der Waals surface area contributed by atoms with Crippen LogP contribution in [-0.4, -0.2) is 9.55 Å². The molecule has 0 bridgehead atoms. The van der Waals surface area contributed by atoms with E-state index in [1.807, 2.05) is 24.4 Å². The van der Waals surface area contributed by atoms with Crippen LogP contribution in [0.3, 0.4) is 0 Å². The first-order valence-electron chi connectivity index (χ1n) is 22.4. The molecule has 0 saturated heterocycles. The van der Waals surface area contributed by atoms with Crippen molar-refractivity contribution in [3.8, 4) is 28.4 Å². The number of anilines is 2. The fraction of sp³-hybridized carbons (Fsp3) is 0.167. The van der Waals surface area contributed by atoms with Gasteiger partial charge >= 0.3 is 0 Å². The van der Waals surface area contributed by atoms with Crippen molar-refractivity contribution in [3.05, 3.63) is 235 Å². The first-order chi connectivity index (χ1) is 31.3. The van der Waals surface area contributed by atoms with Gasteiger partial charge in [-0.2, -0.15) is 12.1 Å². The zero-order valence-corrected chi connectivity index (χ0v) is 40.8. The van der Waals surface area contributed by atoms with Crippen LogP contribution in [0, 0.1) is 18.8 Å². The zero-order chi connectivity index (χ0) is 44.9. The third kappa shape index (κ3) is 8.38. The fourth-order valence-corrected chi connectivity index (χ4v) is 9.08. The van der Waals surface area contributed by atoms with Crippen molar-refractivity contribution in [3.63, 3.8) is 0 Å². The summed E-state index contributed by atoms with van der Waals surface area (Å²) in [6.45, 7) is 18.2. The van der Waals surface area contributed by atoms with E-state index in [0.717, 1.165) is 44.7 Å². The van der Waals surface area contributed by atoms with Crippen molar-refractivity contribution >= 4 is 33.2 Å². The quantitative estimate of drug-likeness (QED) is 0.128. The molecule has 7 aromatic carbocycles. The number of ether oxygens (including phenoxy) is 1. The molecule has 6 heteroatoms. The number of pyridine rings is 1. The molecule has 0 unspecified atom stereocenters. The fourth-order valence-electron chi connectivity index (χ4n) is 9.08. The topological polar surface area (TPSA) is 33.5 Å². The molecule has 0 fully saturated rings. The zero-order valence-electron chi connectivity index (χ0n) is 38.5. The molecule has 0 aliphatic carbocycles. The number of para-hydroxylation sites is 1. The summed E-state index contributed by atoms with van der Waals surface area (Å²) in [5, 5.41) is 2.21. The average molecular weight is 1040 g/mol. The summed E-state index contributed by atoms with van der Waals surface area (Å²) in [6, 6.07) is 69.3. The van der Waals surface area contributed by atoms with Crippen LogP contribution in [0.4, 0.5) is 11.4 Å². The Labute approximate surface area is 404 Å². The van der Waals surface area contributed by atoms with Crippen LogP contribution in [0.1, 0.15) is 70.7 Å². The van der Waals surface area contributed by atoms with E-state index >= 15 is 0 Å². The van der Waals surface area contributed by atoms with Crippen LogP contribution in [0.2, 0.25) is 0 Å². The molecule has 0 N–H and O–H groups in total. The van der Waals surface area contributed by atoms with Gasteiger partial charge in [-0.3, -0.25) is 0 Å². The molecule has 2 aromatic heterocycles. The molecule has 10 rings (SSSR count). The van der Waals surface area contributed by atoms with Gasteiger partial charge < -0.3 is 19.1 Å². The van der Waals surface area contributed by atoms with Gasteiger partial charge in [0.05, 0.1) is 0 Å². The average Bonchev–Trinajstić information content (AvgIpc) is 3.93. The SMILES string of the molecule is CC(C)(C)c1cc(-c2ccccc2)cc(N2[CH-]N(c3[c-]c(Oc4[c-]c5c(cc4)c4ccccc4n5-c4cc(C(C)(C)c5ccccc5)ccn4)ccc3)C=C2C(C)(C)c2ccccc2)c1.[Pt]. The van der Waals surface area contributed by atoms with E-state index < -0.39 is 0 Å². The molecule has 0 amide bonds. The number of aromatic nitrogens is 2. The van der Waals surface area contributed by atoms with Gasteiger partial charge in [0.2, 0.25) is 0 Å². The second-order valence-electron chi connectivity index (χ2n) is 19.1. The van der Waals surface area contributed by atoms with Crippen molar-refractivity contribution in [2.24, 2.45) is 0 Å². The summed E-state index contributed by atoms with van der Waals surface area (Å²) in [4.78, 5) is 9.46. The number of hydrogen-bond acceptors (Lipinski definition) is 4. The molecule has 0 atom stereocenters. The van der Waals surface area contributed by atoms with Gasteiger partial charge in [0.1, 0.15) is 5.82 Å². The number of nitrogens with zero attached hydrogens (tertiary/aromatic N) is 4. The van der Waals surface area contributed by atoms with Gasteiger partial charge in [-0.1, -0.05) is 169 Å². The predicted octanol–water partition coefficient (Wildman–Crippen LogP) is 15.1. The Hall–Kier alpha value is -6.68. The summed E-state index contributed by atoms with van der Waals surface area (Å²) in [5.74, 6) is 2.02. The van der Waals surface area contributed by atoms with E-state index in [1.165, 1.54) is 33.4 Å². The molecule has 9 aromatic rings. The molecule has 1 aliphatic rings. The number of fused-ring (bicyclic) bond motifs is 3. The monoisotopic (exact) mass is 1040 g/mol. The minimum Gasteiger partial charge on any atom is -0.509 e. The Balaban J connectivity index is 0.00000548. The Bertz CT molecular complexity index is 3200. The Kier molecular flexibility index (Phi) is 11.9. The standard InChI is InChI=1S/C60H53N4O.Pt/c1-58(2,3)47-34-43(42-20-11-8-12-21-42)35-49(36-47)63-41-62(40-56(63)60(6,7)45-24-15-10-16-25-45)48-26-19-27-50(38-48)65-51-30-31-53-52-28-17-18-29-54(52)64(55(53)39-51)57-37-46(32-33-61-57)59(4,5)44-22-13-9-14-23-44;/h8-37,40-41H,1-7H3;/q-3;. The maximum Gasteiger partial charge on any atom is 0.135 e.